The molecular weight excluding hydrogens is 398 g/mol. The van der Waals surface area contributed by atoms with Crippen molar-refractivity contribution in [2.45, 2.75) is 26.8 Å². The summed E-state index contributed by atoms with van der Waals surface area (Å²) >= 11 is 6.37. The molecule has 3 aromatic rings. The van der Waals surface area contributed by atoms with Gasteiger partial charge in [0, 0.05) is 38.4 Å². The Labute approximate surface area is 182 Å². The van der Waals surface area contributed by atoms with E-state index < -0.39 is 0 Å². The van der Waals surface area contributed by atoms with Crippen molar-refractivity contribution in [1.29, 1.82) is 0 Å². The van der Waals surface area contributed by atoms with Crippen LogP contribution in [0.4, 0.5) is 0 Å². The van der Waals surface area contributed by atoms with Crippen LogP contribution in [0.2, 0.25) is 5.02 Å². The summed E-state index contributed by atoms with van der Waals surface area (Å²) in [5.74, 6) is 0.485. The lowest BCUT2D eigenvalue weighted by atomic mass is 10.2. The maximum atomic E-state index is 13.2. The highest BCUT2D eigenvalue weighted by Crippen LogP contribution is 2.20. The standard InChI is InChI=1S/C23H26ClN5O/c1-17-15-18(2)29(26-17)21-10-9-20(24)22(25-21)23(30)28-12-6-11-27(13-14-28)16-19-7-4-3-5-8-19/h3-5,7-10,15H,6,11-14,16H2,1-2H3. The molecule has 156 valence electrons. The molecule has 1 aromatic carbocycles. The van der Waals surface area contributed by atoms with Gasteiger partial charge < -0.3 is 4.90 Å². The van der Waals surface area contributed by atoms with Crippen molar-refractivity contribution in [2.24, 2.45) is 0 Å². The number of nitrogens with zero attached hydrogens (tertiary/aromatic N) is 5. The Kier molecular flexibility index (Phi) is 6.16. The number of pyridine rings is 1. The summed E-state index contributed by atoms with van der Waals surface area (Å²) in [6, 6.07) is 15.9. The first kappa shape index (κ1) is 20.6. The Morgan fingerprint density at radius 2 is 1.83 bits per heavy atom. The summed E-state index contributed by atoms with van der Waals surface area (Å²) < 4.78 is 1.74. The largest absolute Gasteiger partial charge is 0.336 e. The van der Waals surface area contributed by atoms with Gasteiger partial charge in [-0.1, -0.05) is 41.9 Å². The second kappa shape index (κ2) is 8.98. The average Bonchev–Trinajstić information content (AvgIpc) is 2.93. The number of carbonyl (C=O) groups excluding carboxylic acids is 1. The maximum absolute atomic E-state index is 13.2. The van der Waals surface area contributed by atoms with Gasteiger partial charge in [0.1, 0.15) is 5.69 Å². The third kappa shape index (κ3) is 4.55. The first-order chi connectivity index (χ1) is 14.5. The van der Waals surface area contributed by atoms with Gasteiger partial charge in [-0.25, -0.2) is 9.67 Å². The van der Waals surface area contributed by atoms with E-state index in [2.05, 4.69) is 39.2 Å². The summed E-state index contributed by atoms with van der Waals surface area (Å²) in [4.78, 5) is 22.1. The van der Waals surface area contributed by atoms with Crippen LogP contribution in [0.3, 0.4) is 0 Å². The third-order valence-corrected chi connectivity index (χ3v) is 5.69. The molecule has 2 aromatic heterocycles. The second-order valence-corrected chi connectivity index (χ2v) is 8.15. The zero-order valence-electron chi connectivity index (χ0n) is 17.4. The van der Waals surface area contributed by atoms with E-state index in [-0.39, 0.29) is 5.91 Å². The smallest absolute Gasteiger partial charge is 0.274 e. The number of aryl methyl sites for hydroxylation is 2. The van der Waals surface area contributed by atoms with Crippen LogP contribution in [0, 0.1) is 13.8 Å². The van der Waals surface area contributed by atoms with Crippen LogP contribution in [-0.4, -0.2) is 56.7 Å². The van der Waals surface area contributed by atoms with E-state index in [0.29, 0.717) is 29.6 Å². The SMILES string of the molecule is Cc1cc(C)n(-c2ccc(Cl)c(C(=O)N3CCCN(Cc4ccccc4)CC3)n2)n1. The van der Waals surface area contributed by atoms with E-state index in [9.17, 15) is 4.79 Å². The molecule has 0 spiro atoms. The van der Waals surface area contributed by atoms with Crippen molar-refractivity contribution in [3.8, 4) is 5.82 Å². The number of hydrogen-bond acceptors (Lipinski definition) is 4. The number of aromatic nitrogens is 3. The van der Waals surface area contributed by atoms with E-state index >= 15 is 0 Å². The minimum atomic E-state index is -0.120. The lowest BCUT2D eigenvalue weighted by Gasteiger charge is -2.22. The molecule has 1 amide bonds. The van der Waals surface area contributed by atoms with Crippen LogP contribution in [-0.2, 0) is 6.54 Å². The number of carbonyl (C=O) groups is 1. The molecule has 0 saturated carbocycles. The highest BCUT2D eigenvalue weighted by molar-refractivity contribution is 6.33. The zero-order valence-corrected chi connectivity index (χ0v) is 18.1. The molecule has 1 aliphatic rings. The van der Waals surface area contributed by atoms with Crippen molar-refractivity contribution in [3.05, 3.63) is 76.2 Å². The first-order valence-electron chi connectivity index (χ1n) is 10.3. The molecule has 7 heteroatoms. The molecule has 0 atom stereocenters. The Balaban J connectivity index is 1.49. The van der Waals surface area contributed by atoms with Gasteiger partial charge in [-0.15, -0.1) is 0 Å². The fraction of sp³-hybridized carbons (Fsp3) is 0.348. The lowest BCUT2D eigenvalue weighted by molar-refractivity contribution is 0.0755. The van der Waals surface area contributed by atoms with E-state index in [1.165, 1.54) is 5.56 Å². The Bertz CT molecular complexity index is 1030. The maximum Gasteiger partial charge on any atom is 0.274 e. The van der Waals surface area contributed by atoms with Crippen LogP contribution in [0.5, 0.6) is 0 Å². The number of halogens is 1. The van der Waals surface area contributed by atoms with Crippen LogP contribution in [0.15, 0.2) is 48.5 Å². The summed E-state index contributed by atoms with van der Waals surface area (Å²) in [5, 5.41) is 4.84. The van der Waals surface area contributed by atoms with Crippen molar-refractivity contribution in [3.63, 3.8) is 0 Å². The van der Waals surface area contributed by atoms with Gasteiger partial charge in [0.15, 0.2) is 5.82 Å². The molecule has 3 heterocycles. The molecule has 1 aliphatic heterocycles. The Morgan fingerprint density at radius 3 is 2.57 bits per heavy atom. The molecule has 0 N–H and O–H groups in total. The summed E-state index contributed by atoms with van der Waals surface area (Å²) in [5.41, 5.74) is 3.45. The molecule has 0 bridgehead atoms. The molecule has 4 rings (SSSR count). The molecule has 30 heavy (non-hydrogen) atoms. The molecule has 1 saturated heterocycles. The quantitative estimate of drug-likeness (QED) is 0.639. The van der Waals surface area contributed by atoms with Gasteiger partial charge in [-0.3, -0.25) is 9.69 Å². The summed E-state index contributed by atoms with van der Waals surface area (Å²) in [6.45, 7) is 7.95. The van der Waals surface area contributed by atoms with Gasteiger partial charge >= 0.3 is 0 Å². The fourth-order valence-corrected chi connectivity index (χ4v) is 4.07. The Hall–Kier alpha value is -2.70. The van der Waals surface area contributed by atoms with Crippen LogP contribution in [0.25, 0.3) is 5.82 Å². The Morgan fingerprint density at radius 1 is 1.03 bits per heavy atom. The second-order valence-electron chi connectivity index (χ2n) is 7.75. The highest BCUT2D eigenvalue weighted by atomic mass is 35.5. The fourth-order valence-electron chi connectivity index (χ4n) is 3.88. The first-order valence-corrected chi connectivity index (χ1v) is 10.6. The number of rotatable bonds is 4. The molecule has 0 radical (unpaired) electrons. The van der Waals surface area contributed by atoms with Crippen LogP contribution < -0.4 is 0 Å². The molecule has 1 fully saturated rings. The summed E-state index contributed by atoms with van der Waals surface area (Å²) in [6.07, 6.45) is 0.924. The van der Waals surface area contributed by atoms with Crippen molar-refractivity contribution in [2.75, 3.05) is 26.2 Å². The molecule has 6 nitrogen and oxygen atoms in total. The van der Waals surface area contributed by atoms with Crippen LogP contribution >= 0.6 is 11.6 Å². The normalized spacial score (nSPS) is 15.2. The topological polar surface area (TPSA) is 54.3 Å². The van der Waals surface area contributed by atoms with Gasteiger partial charge in [0.2, 0.25) is 0 Å². The highest BCUT2D eigenvalue weighted by Gasteiger charge is 2.24. The van der Waals surface area contributed by atoms with Crippen LogP contribution in [0.1, 0.15) is 33.9 Å². The molecule has 0 aliphatic carbocycles. The molecular formula is C23H26ClN5O. The predicted octanol–water partition coefficient (Wildman–Crippen LogP) is 3.89. The minimum Gasteiger partial charge on any atom is -0.336 e. The van der Waals surface area contributed by atoms with Gasteiger partial charge in [0.05, 0.1) is 10.7 Å². The number of hydrogen-bond donors (Lipinski definition) is 0. The average molecular weight is 424 g/mol. The van der Waals surface area contributed by atoms with Crippen molar-refractivity contribution < 1.29 is 4.79 Å². The van der Waals surface area contributed by atoms with Gasteiger partial charge in [0.25, 0.3) is 5.91 Å². The van der Waals surface area contributed by atoms with E-state index in [1.54, 1.807) is 16.8 Å². The van der Waals surface area contributed by atoms with Crippen molar-refractivity contribution >= 4 is 17.5 Å². The van der Waals surface area contributed by atoms with Gasteiger partial charge in [-0.05, 0) is 44.0 Å². The lowest BCUT2D eigenvalue weighted by Crippen LogP contribution is -2.35. The minimum absolute atomic E-state index is 0.120. The number of benzene rings is 1. The van der Waals surface area contributed by atoms with E-state index in [0.717, 1.165) is 37.4 Å². The van der Waals surface area contributed by atoms with Crippen molar-refractivity contribution in [1.82, 2.24) is 24.6 Å². The third-order valence-electron chi connectivity index (χ3n) is 5.39. The number of amides is 1. The monoisotopic (exact) mass is 423 g/mol. The predicted molar refractivity (Wildman–Crippen MR) is 118 cm³/mol. The molecule has 0 unspecified atom stereocenters. The van der Waals surface area contributed by atoms with E-state index in [4.69, 9.17) is 11.6 Å². The van der Waals surface area contributed by atoms with Gasteiger partial charge in [-0.2, -0.15) is 5.10 Å². The van der Waals surface area contributed by atoms with E-state index in [1.807, 2.05) is 30.9 Å². The zero-order chi connectivity index (χ0) is 21.1. The summed E-state index contributed by atoms with van der Waals surface area (Å²) in [7, 11) is 0.